The molecular weight excluding hydrogens is 439 g/mol. The molecule has 1 aliphatic rings. The fourth-order valence-electron chi connectivity index (χ4n) is 3.00. The van der Waals surface area contributed by atoms with Gasteiger partial charge in [0.05, 0.1) is 30.5 Å². The molecule has 1 fully saturated rings. The topological polar surface area (TPSA) is 92.3 Å². The zero-order valence-corrected chi connectivity index (χ0v) is 18.0. The number of amides is 1. The van der Waals surface area contributed by atoms with Crippen LogP contribution in [0, 0.1) is 0 Å². The quantitative estimate of drug-likeness (QED) is 0.581. The van der Waals surface area contributed by atoms with Crippen molar-refractivity contribution in [2.24, 2.45) is 0 Å². The number of nitrogens with one attached hydrogen (secondary N) is 2. The molecule has 0 atom stereocenters. The second-order valence-corrected chi connectivity index (χ2v) is 7.69. The van der Waals surface area contributed by atoms with Gasteiger partial charge < -0.3 is 20.3 Å². The highest BCUT2D eigenvalue weighted by Gasteiger charge is 2.16. The minimum atomic E-state index is -0.310. The molecule has 1 saturated heterocycles. The van der Waals surface area contributed by atoms with Crippen LogP contribution in [0.4, 0.5) is 17.5 Å². The summed E-state index contributed by atoms with van der Waals surface area (Å²) < 4.78 is 5.43. The van der Waals surface area contributed by atoms with Crippen LogP contribution < -0.4 is 15.5 Å². The van der Waals surface area contributed by atoms with E-state index in [0.29, 0.717) is 53.8 Å². The molecule has 2 N–H and O–H groups in total. The van der Waals surface area contributed by atoms with Crippen LogP contribution in [0.5, 0.6) is 0 Å². The van der Waals surface area contributed by atoms with Gasteiger partial charge in [0.1, 0.15) is 11.5 Å². The summed E-state index contributed by atoms with van der Waals surface area (Å²) in [6, 6.07) is 12.3. The molecule has 0 bridgehead atoms. The summed E-state index contributed by atoms with van der Waals surface area (Å²) in [4.78, 5) is 27.8. The van der Waals surface area contributed by atoms with Gasteiger partial charge in [0.15, 0.2) is 0 Å². The largest absolute Gasteiger partial charge is 0.378 e. The monoisotopic (exact) mass is 458 g/mol. The molecule has 0 unspecified atom stereocenters. The minimum absolute atomic E-state index is 0.221. The summed E-state index contributed by atoms with van der Waals surface area (Å²) >= 11 is 11.8. The Morgan fingerprint density at radius 2 is 1.77 bits per heavy atom. The number of benzene rings is 1. The number of nitrogens with zero attached hydrogens (tertiary/aromatic N) is 4. The lowest BCUT2D eigenvalue weighted by molar-refractivity contribution is 0.0945. The number of rotatable bonds is 6. The number of morpholine rings is 1. The van der Waals surface area contributed by atoms with E-state index >= 15 is 0 Å². The van der Waals surface area contributed by atoms with E-state index in [9.17, 15) is 4.79 Å². The number of halogens is 2. The van der Waals surface area contributed by atoms with Crippen LogP contribution in [-0.2, 0) is 11.3 Å². The summed E-state index contributed by atoms with van der Waals surface area (Å²) in [7, 11) is 0. The van der Waals surface area contributed by atoms with Crippen LogP contribution in [0.3, 0.4) is 0 Å². The molecule has 0 radical (unpaired) electrons. The molecule has 4 rings (SSSR count). The Hall–Kier alpha value is -2.94. The third-order valence-corrected chi connectivity index (χ3v) is 5.04. The van der Waals surface area contributed by atoms with Gasteiger partial charge >= 0.3 is 0 Å². The average Bonchev–Trinajstić information content (AvgIpc) is 2.80. The van der Waals surface area contributed by atoms with E-state index in [1.807, 2.05) is 12.1 Å². The van der Waals surface area contributed by atoms with Crippen molar-refractivity contribution < 1.29 is 9.53 Å². The molecule has 3 aromatic rings. The molecular formula is C21H20Cl2N6O2. The first-order chi connectivity index (χ1) is 15.1. The molecule has 160 valence electrons. The highest BCUT2D eigenvalue weighted by molar-refractivity contribution is 6.30. The number of carbonyl (C=O) groups is 1. The van der Waals surface area contributed by atoms with Gasteiger partial charge in [-0.3, -0.25) is 4.79 Å². The van der Waals surface area contributed by atoms with Gasteiger partial charge in [0.2, 0.25) is 5.95 Å². The lowest BCUT2D eigenvalue weighted by Crippen LogP contribution is -2.37. The van der Waals surface area contributed by atoms with Gasteiger partial charge in [0, 0.05) is 36.1 Å². The Bertz CT molecular complexity index is 1040. The van der Waals surface area contributed by atoms with Crippen LogP contribution in [0.25, 0.3) is 0 Å². The van der Waals surface area contributed by atoms with E-state index < -0.39 is 0 Å². The minimum Gasteiger partial charge on any atom is -0.378 e. The van der Waals surface area contributed by atoms with Crippen LogP contribution in [0.1, 0.15) is 16.2 Å². The van der Waals surface area contributed by atoms with E-state index in [2.05, 4.69) is 30.5 Å². The van der Waals surface area contributed by atoms with Crippen molar-refractivity contribution in [1.82, 2.24) is 20.3 Å². The fourth-order valence-corrected chi connectivity index (χ4v) is 3.23. The number of carbonyl (C=O) groups excluding carboxylic acids is 1. The number of pyridine rings is 1. The van der Waals surface area contributed by atoms with Crippen molar-refractivity contribution >= 4 is 46.6 Å². The van der Waals surface area contributed by atoms with E-state index in [4.69, 9.17) is 27.9 Å². The zero-order valence-electron chi connectivity index (χ0n) is 16.5. The Kier molecular flexibility index (Phi) is 6.81. The number of hydrogen-bond donors (Lipinski definition) is 2. The van der Waals surface area contributed by atoms with Gasteiger partial charge in [-0.25, -0.2) is 9.97 Å². The normalized spacial score (nSPS) is 13.7. The van der Waals surface area contributed by atoms with Crippen molar-refractivity contribution in [3.8, 4) is 0 Å². The predicted molar refractivity (Wildman–Crippen MR) is 120 cm³/mol. The Morgan fingerprint density at radius 3 is 2.48 bits per heavy atom. The van der Waals surface area contributed by atoms with E-state index in [1.165, 1.54) is 6.20 Å². The van der Waals surface area contributed by atoms with Gasteiger partial charge in [-0.1, -0.05) is 23.2 Å². The van der Waals surface area contributed by atoms with Gasteiger partial charge in [-0.2, -0.15) is 4.98 Å². The first-order valence-electron chi connectivity index (χ1n) is 9.70. The lowest BCUT2D eigenvalue weighted by atomic mass is 10.3. The third-order valence-electron chi connectivity index (χ3n) is 4.57. The first kappa shape index (κ1) is 21.3. The van der Waals surface area contributed by atoms with Gasteiger partial charge in [-0.15, -0.1) is 0 Å². The highest BCUT2D eigenvalue weighted by atomic mass is 35.5. The van der Waals surface area contributed by atoms with Crippen molar-refractivity contribution in [3.63, 3.8) is 0 Å². The molecule has 31 heavy (non-hydrogen) atoms. The SMILES string of the molecule is O=C(NCc1cc(Nc2ccc(Cl)cc2)nc(N2CCOCC2)n1)c1ccc(Cl)cn1. The molecule has 0 aliphatic carbocycles. The number of anilines is 3. The van der Waals surface area contributed by atoms with Crippen LogP contribution in [0.2, 0.25) is 10.0 Å². The maximum Gasteiger partial charge on any atom is 0.270 e. The van der Waals surface area contributed by atoms with Crippen molar-refractivity contribution in [2.75, 3.05) is 36.5 Å². The van der Waals surface area contributed by atoms with E-state index in [-0.39, 0.29) is 18.1 Å². The summed E-state index contributed by atoms with van der Waals surface area (Å²) in [6.45, 7) is 2.85. The van der Waals surface area contributed by atoms with Crippen LogP contribution in [0.15, 0.2) is 48.7 Å². The van der Waals surface area contributed by atoms with E-state index in [0.717, 1.165) is 5.69 Å². The number of ether oxygens (including phenoxy) is 1. The zero-order chi connectivity index (χ0) is 21.6. The van der Waals surface area contributed by atoms with Crippen molar-refractivity contribution in [2.45, 2.75) is 6.54 Å². The molecule has 1 amide bonds. The molecule has 1 aromatic carbocycles. The number of hydrogen-bond acceptors (Lipinski definition) is 7. The molecule has 1 aliphatic heterocycles. The second kappa shape index (κ2) is 9.91. The molecule has 10 heteroatoms. The van der Waals surface area contributed by atoms with Crippen molar-refractivity contribution in [1.29, 1.82) is 0 Å². The maximum atomic E-state index is 12.4. The predicted octanol–water partition coefficient (Wildman–Crippen LogP) is 3.69. The summed E-state index contributed by atoms with van der Waals surface area (Å²) in [6.07, 6.45) is 1.44. The summed E-state index contributed by atoms with van der Waals surface area (Å²) in [5.74, 6) is 0.888. The Balaban J connectivity index is 1.53. The lowest BCUT2D eigenvalue weighted by Gasteiger charge is -2.27. The van der Waals surface area contributed by atoms with Crippen LogP contribution in [-0.4, -0.2) is 47.2 Å². The number of aromatic nitrogens is 3. The van der Waals surface area contributed by atoms with Crippen molar-refractivity contribution in [3.05, 3.63) is 70.1 Å². The Labute approximate surface area is 189 Å². The summed E-state index contributed by atoms with van der Waals surface area (Å²) in [5, 5.41) is 7.24. The molecule has 3 heterocycles. The van der Waals surface area contributed by atoms with Gasteiger partial charge in [0.25, 0.3) is 5.91 Å². The molecule has 8 nitrogen and oxygen atoms in total. The second-order valence-electron chi connectivity index (χ2n) is 6.82. The summed E-state index contributed by atoms with van der Waals surface area (Å²) in [5.41, 5.74) is 1.79. The fraction of sp³-hybridized carbons (Fsp3) is 0.238. The smallest absolute Gasteiger partial charge is 0.270 e. The van der Waals surface area contributed by atoms with Gasteiger partial charge in [-0.05, 0) is 36.4 Å². The molecule has 0 saturated carbocycles. The third kappa shape index (κ3) is 5.81. The van der Waals surface area contributed by atoms with Crippen LogP contribution >= 0.6 is 23.2 Å². The maximum absolute atomic E-state index is 12.4. The average molecular weight is 459 g/mol. The molecule has 0 spiro atoms. The van der Waals surface area contributed by atoms with E-state index in [1.54, 1.807) is 30.3 Å². The standard InChI is InChI=1S/C21H20Cl2N6O2/c22-14-1-4-16(5-2-14)26-19-11-17(27-21(28-19)29-7-9-31-10-8-29)13-25-20(30)18-6-3-15(23)12-24-18/h1-6,11-12H,7-10,13H2,(H,25,30)(H,26,27,28). The highest BCUT2D eigenvalue weighted by Crippen LogP contribution is 2.21. The molecule has 2 aromatic heterocycles. The first-order valence-corrected chi connectivity index (χ1v) is 10.5. The Morgan fingerprint density at radius 1 is 1.03 bits per heavy atom.